The molecule has 0 unspecified atom stereocenters. The molecular formula is C17H19N5O2. The van der Waals surface area contributed by atoms with Gasteiger partial charge in [0, 0.05) is 6.20 Å². The highest BCUT2D eigenvalue weighted by molar-refractivity contribution is 6.02. The van der Waals surface area contributed by atoms with Crippen LogP contribution in [0.5, 0.6) is 0 Å². The fourth-order valence-corrected chi connectivity index (χ4v) is 3.23. The molecule has 1 fully saturated rings. The maximum Gasteiger partial charge on any atom is 0.301 e. The Balaban J connectivity index is 1.60. The normalized spacial score (nSPS) is 16.5. The molecule has 7 nitrogen and oxygen atoms in total. The van der Waals surface area contributed by atoms with Crippen molar-refractivity contribution in [3.63, 3.8) is 0 Å². The smallest absolute Gasteiger partial charge is 0.301 e. The zero-order chi connectivity index (χ0) is 16.5. The first kappa shape index (κ1) is 14.9. The first-order valence-electron chi connectivity index (χ1n) is 8.08. The Bertz CT molecular complexity index is 802. The van der Waals surface area contributed by atoms with Crippen LogP contribution in [-0.2, 0) is 0 Å². The third-order valence-corrected chi connectivity index (χ3v) is 4.61. The van der Waals surface area contributed by atoms with E-state index in [0.717, 1.165) is 37.3 Å². The van der Waals surface area contributed by atoms with E-state index in [2.05, 4.69) is 32.2 Å². The van der Waals surface area contributed by atoms with Gasteiger partial charge in [-0.2, -0.15) is 0 Å². The molecule has 124 valence electrons. The summed E-state index contributed by atoms with van der Waals surface area (Å²) >= 11 is 0. The molecule has 0 radical (unpaired) electrons. The van der Waals surface area contributed by atoms with Gasteiger partial charge in [0.1, 0.15) is 12.0 Å². The monoisotopic (exact) mass is 325 g/mol. The summed E-state index contributed by atoms with van der Waals surface area (Å²) in [4.78, 5) is 26.3. The lowest BCUT2D eigenvalue weighted by molar-refractivity contribution is 0.101. The number of pyridine rings is 1. The number of fused-ring (bicyclic) bond motifs is 1. The molecule has 24 heavy (non-hydrogen) atoms. The number of carbonyl (C=O) groups is 1. The number of H-pyrrole nitrogens is 1. The highest BCUT2D eigenvalue weighted by Gasteiger charge is 2.24. The Morgan fingerprint density at radius 2 is 2.17 bits per heavy atom. The molecule has 3 aliphatic rings. The van der Waals surface area contributed by atoms with Crippen molar-refractivity contribution in [2.45, 2.75) is 18.8 Å². The van der Waals surface area contributed by atoms with Gasteiger partial charge >= 0.3 is 6.01 Å². The Morgan fingerprint density at radius 3 is 2.92 bits per heavy atom. The van der Waals surface area contributed by atoms with Crippen molar-refractivity contribution in [3.05, 3.63) is 42.0 Å². The average molecular weight is 325 g/mol. The second-order valence-corrected chi connectivity index (χ2v) is 6.21. The number of hydrogen-bond acceptors (Lipinski definition) is 5. The molecule has 7 heteroatoms. The van der Waals surface area contributed by atoms with Gasteiger partial charge in [-0.25, -0.2) is 4.98 Å². The lowest BCUT2D eigenvalue weighted by Gasteiger charge is -2.29. The van der Waals surface area contributed by atoms with E-state index in [1.807, 2.05) is 12.3 Å². The molecule has 1 aromatic heterocycles. The molecule has 1 aromatic rings. The van der Waals surface area contributed by atoms with Gasteiger partial charge in [0.2, 0.25) is 0 Å². The van der Waals surface area contributed by atoms with Crippen LogP contribution in [0.15, 0.2) is 35.2 Å². The third kappa shape index (κ3) is 2.78. The van der Waals surface area contributed by atoms with Crippen LogP contribution in [-0.4, -0.2) is 45.9 Å². The molecule has 0 bridgehead atoms. The molecular weight excluding hydrogens is 306 g/mol. The maximum absolute atomic E-state index is 12.3. The maximum atomic E-state index is 12.3. The second-order valence-electron chi connectivity index (χ2n) is 6.21. The summed E-state index contributed by atoms with van der Waals surface area (Å²) in [6, 6.07) is 3.78. The minimum atomic E-state index is -0.283. The Hall–Kier alpha value is -2.67. The minimum absolute atomic E-state index is 0.185. The van der Waals surface area contributed by atoms with Crippen molar-refractivity contribution in [1.82, 2.24) is 19.9 Å². The molecule has 1 amide bonds. The summed E-state index contributed by atoms with van der Waals surface area (Å²) in [5.74, 6) is 0.197. The molecule has 4 rings (SSSR count). The van der Waals surface area contributed by atoms with E-state index in [-0.39, 0.29) is 11.9 Å². The van der Waals surface area contributed by atoms with Gasteiger partial charge in [-0.05, 0) is 56.6 Å². The highest BCUT2D eigenvalue weighted by atomic mass is 16.4. The number of oxazole rings is 1. The van der Waals surface area contributed by atoms with E-state index in [9.17, 15) is 4.79 Å². The average Bonchev–Trinajstić information content (AvgIpc) is 3.24. The van der Waals surface area contributed by atoms with Crippen LogP contribution < -0.4 is 5.32 Å². The van der Waals surface area contributed by atoms with Gasteiger partial charge in [-0.3, -0.25) is 15.1 Å². The minimum Gasteiger partial charge on any atom is -0.432 e. The first-order valence-corrected chi connectivity index (χ1v) is 8.08. The van der Waals surface area contributed by atoms with Crippen LogP contribution in [0.2, 0.25) is 0 Å². The van der Waals surface area contributed by atoms with Crippen molar-refractivity contribution in [2.24, 2.45) is 0 Å². The van der Waals surface area contributed by atoms with Crippen molar-refractivity contribution in [1.29, 1.82) is 0 Å². The van der Waals surface area contributed by atoms with Gasteiger partial charge < -0.3 is 14.3 Å². The summed E-state index contributed by atoms with van der Waals surface area (Å²) in [7, 11) is 2.15. The van der Waals surface area contributed by atoms with E-state index < -0.39 is 0 Å². The number of piperidine rings is 1. The predicted octanol–water partition coefficient (Wildman–Crippen LogP) is 2.56. The van der Waals surface area contributed by atoms with Crippen LogP contribution in [0.3, 0.4) is 0 Å². The number of amides is 1. The zero-order valence-electron chi connectivity index (χ0n) is 13.5. The van der Waals surface area contributed by atoms with Crippen molar-refractivity contribution in [2.75, 3.05) is 25.5 Å². The Labute approximate surface area is 139 Å². The number of rotatable bonds is 3. The largest absolute Gasteiger partial charge is 0.432 e. The summed E-state index contributed by atoms with van der Waals surface area (Å²) in [5.41, 5.74) is 3.49. The molecule has 0 spiro atoms. The number of aromatic amines is 1. The van der Waals surface area contributed by atoms with Crippen LogP contribution in [0.4, 0.5) is 6.01 Å². The van der Waals surface area contributed by atoms with Crippen LogP contribution in [0, 0.1) is 0 Å². The molecule has 4 heterocycles. The molecule has 0 aliphatic carbocycles. The molecule has 0 saturated carbocycles. The van der Waals surface area contributed by atoms with Gasteiger partial charge in [-0.15, -0.1) is 0 Å². The molecule has 0 atom stereocenters. The number of carbonyl (C=O) groups excluding carboxylic acids is 1. The van der Waals surface area contributed by atoms with Gasteiger partial charge in [0.25, 0.3) is 5.91 Å². The number of nitrogens with one attached hydrogen (secondary N) is 2. The quantitative estimate of drug-likeness (QED) is 0.773. The second kappa shape index (κ2) is 6.09. The predicted molar refractivity (Wildman–Crippen MR) is 89.1 cm³/mol. The molecule has 3 aliphatic heterocycles. The van der Waals surface area contributed by atoms with E-state index in [0.29, 0.717) is 11.6 Å². The van der Waals surface area contributed by atoms with Crippen LogP contribution >= 0.6 is 0 Å². The van der Waals surface area contributed by atoms with Crippen molar-refractivity contribution in [3.8, 4) is 11.4 Å². The van der Waals surface area contributed by atoms with Gasteiger partial charge in [0.15, 0.2) is 0 Å². The zero-order valence-corrected chi connectivity index (χ0v) is 13.5. The number of likely N-dealkylation sites (tertiary alicyclic amines) is 1. The van der Waals surface area contributed by atoms with E-state index in [1.54, 1.807) is 6.07 Å². The van der Waals surface area contributed by atoms with Crippen LogP contribution in [0.1, 0.15) is 34.8 Å². The van der Waals surface area contributed by atoms with E-state index in [4.69, 9.17) is 4.42 Å². The summed E-state index contributed by atoms with van der Waals surface area (Å²) < 4.78 is 5.05. The highest BCUT2D eigenvalue weighted by Crippen LogP contribution is 2.35. The summed E-state index contributed by atoms with van der Waals surface area (Å²) in [5, 5.41) is 2.62. The van der Waals surface area contributed by atoms with Gasteiger partial charge in [-0.1, -0.05) is 0 Å². The number of hydrogen-bond donors (Lipinski definition) is 2. The third-order valence-electron chi connectivity index (χ3n) is 4.61. The van der Waals surface area contributed by atoms with E-state index in [1.165, 1.54) is 18.0 Å². The molecule has 0 aromatic carbocycles. The number of nitrogens with zero attached hydrogens (tertiary/aromatic N) is 3. The van der Waals surface area contributed by atoms with Gasteiger partial charge in [0.05, 0.1) is 17.6 Å². The topological polar surface area (TPSA) is 87.1 Å². The fourth-order valence-electron chi connectivity index (χ4n) is 3.23. The Kier molecular flexibility index (Phi) is 3.78. The molecule has 2 N–H and O–H groups in total. The fraction of sp³-hybridized carbons (Fsp3) is 0.353. The SMILES string of the molecule is CN1CCC(c2cnc3ccc(C(=O)Nc4ncco4)[nH]c2-3)CC1. The van der Waals surface area contributed by atoms with E-state index >= 15 is 0 Å². The molecule has 1 saturated heterocycles. The van der Waals surface area contributed by atoms with Crippen molar-refractivity contribution < 1.29 is 9.21 Å². The lowest BCUT2D eigenvalue weighted by atomic mass is 9.89. The van der Waals surface area contributed by atoms with Crippen LogP contribution in [0.25, 0.3) is 11.4 Å². The first-order chi connectivity index (χ1) is 11.7. The summed E-state index contributed by atoms with van der Waals surface area (Å²) in [6.45, 7) is 2.17. The Morgan fingerprint density at radius 1 is 1.33 bits per heavy atom. The standard InChI is InChI=1S/C17H19N5O2/c1-22-7-4-11(5-8-22)12-10-19-13-2-3-14(20-15(12)13)16(23)21-17-18-6-9-24-17/h2-3,6,9-11,20H,4-5,7-8H2,1H3,(H,18,21,23). The number of aromatic nitrogens is 3. The van der Waals surface area contributed by atoms with Crippen molar-refractivity contribution >= 4 is 11.9 Å². The lowest BCUT2D eigenvalue weighted by Crippen LogP contribution is -2.29. The summed E-state index contributed by atoms with van der Waals surface area (Å²) in [6.07, 6.45) is 7.06. The number of anilines is 1.